The average Bonchev–Trinajstić information content (AvgIpc) is 3.10. The van der Waals surface area contributed by atoms with E-state index in [9.17, 15) is 18.0 Å². The summed E-state index contributed by atoms with van der Waals surface area (Å²) in [6, 6.07) is 12.2. The third-order valence-corrected chi connectivity index (χ3v) is 6.08. The summed E-state index contributed by atoms with van der Waals surface area (Å²) in [4.78, 5) is 12.0. The van der Waals surface area contributed by atoms with Crippen molar-refractivity contribution in [2.45, 2.75) is 37.7 Å². The Labute approximate surface area is 177 Å². The lowest BCUT2D eigenvalue weighted by molar-refractivity contribution is -0.138. The molecular weight excluding hydrogens is 415 g/mol. The van der Waals surface area contributed by atoms with Crippen LogP contribution in [0.1, 0.15) is 41.8 Å². The molecule has 1 unspecified atom stereocenters. The van der Waals surface area contributed by atoms with Gasteiger partial charge in [0.1, 0.15) is 11.1 Å². The molecule has 1 aliphatic rings. The standard InChI is InChI=1S/C22H22F3NO3S/c1-2-19-18(10-11-29-17-5-3-4-14(12-17)13-20(27)28)26-21(30-19)15-6-8-16(9-7-15)22(23,24)25/h3-9,12,21,26H,2,10-11,13H2,1H3,(H,27,28). The van der Waals surface area contributed by atoms with E-state index in [1.54, 1.807) is 36.0 Å². The molecule has 0 aliphatic carbocycles. The number of hydrogen-bond acceptors (Lipinski definition) is 4. The van der Waals surface area contributed by atoms with Crippen molar-refractivity contribution in [3.63, 3.8) is 0 Å². The normalized spacial score (nSPS) is 16.5. The fraction of sp³-hybridized carbons (Fsp3) is 0.318. The van der Waals surface area contributed by atoms with E-state index in [0.717, 1.165) is 34.7 Å². The van der Waals surface area contributed by atoms with Gasteiger partial charge in [-0.3, -0.25) is 4.79 Å². The number of ether oxygens (including phenoxy) is 1. The lowest BCUT2D eigenvalue weighted by Gasteiger charge is -2.15. The molecule has 2 aromatic carbocycles. The van der Waals surface area contributed by atoms with Gasteiger partial charge in [-0.1, -0.05) is 43.0 Å². The van der Waals surface area contributed by atoms with Crippen molar-refractivity contribution in [2.24, 2.45) is 0 Å². The van der Waals surface area contributed by atoms with Crippen molar-refractivity contribution in [3.8, 4) is 5.75 Å². The first-order chi connectivity index (χ1) is 14.3. The van der Waals surface area contributed by atoms with E-state index in [0.29, 0.717) is 24.3 Å². The second-order valence-corrected chi connectivity index (χ2v) is 8.03. The number of allylic oxidation sites excluding steroid dienone is 1. The predicted octanol–water partition coefficient (Wildman–Crippen LogP) is 5.76. The lowest BCUT2D eigenvalue weighted by Crippen LogP contribution is -2.15. The minimum atomic E-state index is -4.34. The molecule has 3 rings (SSSR count). The number of nitrogens with one attached hydrogen (secondary N) is 1. The van der Waals surface area contributed by atoms with E-state index in [2.05, 4.69) is 5.32 Å². The Balaban J connectivity index is 1.58. The van der Waals surface area contributed by atoms with E-state index in [4.69, 9.17) is 9.84 Å². The molecule has 1 heterocycles. The molecule has 0 aromatic heterocycles. The second-order valence-electron chi connectivity index (χ2n) is 6.83. The molecular formula is C22H22F3NO3S. The molecule has 4 nitrogen and oxygen atoms in total. The van der Waals surface area contributed by atoms with Crippen LogP contribution in [-0.2, 0) is 17.4 Å². The summed E-state index contributed by atoms with van der Waals surface area (Å²) < 4.78 is 44.1. The second kappa shape index (κ2) is 9.47. The number of rotatable bonds is 8. The summed E-state index contributed by atoms with van der Waals surface area (Å²) in [5.41, 5.74) is 1.83. The molecule has 2 aromatic rings. The Hall–Kier alpha value is -2.61. The summed E-state index contributed by atoms with van der Waals surface area (Å²) in [6.07, 6.45) is -2.96. The number of halogens is 3. The Morgan fingerprint density at radius 3 is 2.57 bits per heavy atom. The largest absolute Gasteiger partial charge is 0.493 e. The molecule has 30 heavy (non-hydrogen) atoms. The van der Waals surface area contributed by atoms with Gasteiger partial charge in [-0.2, -0.15) is 13.2 Å². The van der Waals surface area contributed by atoms with Crippen LogP contribution in [0.15, 0.2) is 59.1 Å². The maximum Gasteiger partial charge on any atom is 0.416 e. The highest BCUT2D eigenvalue weighted by molar-refractivity contribution is 8.03. The van der Waals surface area contributed by atoms with Crippen molar-refractivity contribution in [1.82, 2.24) is 5.32 Å². The molecule has 0 fully saturated rings. The molecule has 0 bridgehead atoms. The molecule has 2 N–H and O–H groups in total. The highest BCUT2D eigenvalue weighted by Crippen LogP contribution is 2.43. The number of carbonyl (C=O) groups is 1. The average molecular weight is 437 g/mol. The number of carboxylic acid groups (broad SMARTS) is 1. The van der Waals surface area contributed by atoms with E-state index >= 15 is 0 Å². The van der Waals surface area contributed by atoms with Crippen LogP contribution >= 0.6 is 11.8 Å². The summed E-state index contributed by atoms with van der Waals surface area (Å²) >= 11 is 1.61. The molecule has 0 saturated carbocycles. The highest BCUT2D eigenvalue weighted by Gasteiger charge is 2.31. The van der Waals surface area contributed by atoms with Crippen molar-refractivity contribution >= 4 is 17.7 Å². The molecule has 0 radical (unpaired) electrons. The number of hydrogen-bond donors (Lipinski definition) is 2. The van der Waals surface area contributed by atoms with Gasteiger partial charge in [-0.25, -0.2) is 0 Å². The van der Waals surface area contributed by atoms with Gasteiger partial charge in [-0.05, 0) is 41.8 Å². The van der Waals surface area contributed by atoms with Crippen LogP contribution in [0.2, 0.25) is 0 Å². The number of benzene rings is 2. The number of thioether (sulfide) groups is 1. The Morgan fingerprint density at radius 2 is 1.93 bits per heavy atom. The number of carboxylic acids is 1. The zero-order valence-electron chi connectivity index (χ0n) is 16.3. The van der Waals surface area contributed by atoms with Crippen LogP contribution in [0.4, 0.5) is 13.2 Å². The predicted molar refractivity (Wildman–Crippen MR) is 110 cm³/mol. The highest BCUT2D eigenvalue weighted by atomic mass is 32.2. The monoisotopic (exact) mass is 437 g/mol. The first-order valence-electron chi connectivity index (χ1n) is 9.52. The topological polar surface area (TPSA) is 58.6 Å². The summed E-state index contributed by atoms with van der Waals surface area (Å²) in [5, 5.41) is 12.2. The van der Waals surface area contributed by atoms with Gasteiger partial charge in [-0.15, -0.1) is 0 Å². The van der Waals surface area contributed by atoms with Crippen molar-refractivity contribution in [1.29, 1.82) is 0 Å². The van der Waals surface area contributed by atoms with E-state index < -0.39 is 17.7 Å². The first kappa shape index (κ1) is 22.1. The van der Waals surface area contributed by atoms with Crippen molar-refractivity contribution in [2.75, 3.05) is 6.61 Å². The van der Waals surface area contributed by atoms with Crippen LogP contribution in [0.25, 0.3) is 0 Å². The van der Waals surface area contributed by atoms with Crippen LogP contribution in [-0.4, -0.2) is 17.7 Å². The third kappa shape index (κ3) is 5.72. The molecule has 1 atom stereocenters. The van der Waals surface area contributed by atoms with Crippen LogP contribution < -0.4 is 10.1 Å². The molecule has 1 aliphatic heterocycles. The van der Waals surface area contributed by atoms with Crippen LogP contribution in [0.5, 0.6) is 5.75 Å². The molecule has 0 amide bonds. The maximum absolute atomic E-state index is 12.8. The Kier molecular flexibility index (Phi) is 6.97. The van der Waals surface area contributed by atoms with E-state index in [1.807, 2.05) is 6.92 Å². The van der Waals surface area contributed by atoms with Crippen molar-refractivity contribution < 1.29 is 27.8 Å². The van der Waals surface area contributed by atoms with E-state index in [-0.39, 0.29) is 11.8 Å². The molecule has 0 spiro atoms. The number of alkyl halides is 3. The first-order valence-corrected chi connectivity index (χ1v) is 10.4. The van der Waals surface area contributed by atoms with Gasteiger partial charge in [0.2, 0.25) is 0 Å². The van der Waals surface area contributed by atoms with Crippen molar-refractivity contribution in [3.05, 3.63) is 75.8 Å². The SMILES string of the molecule is CCC1=C(CCOc2cccc(CC(=O)O)c2)NC(c2ccc(C(F)(F)F)cc2)S1. The minimum absolute atomic E-state index is 0.0602. The van der Waals surface area contributed by atoms with Gasteiger partial charge in [0.25, 0.3) is 0 Å². The minimum Gasteiger partial charge on any atom is -0.493 e. The summed E-state index contributed by atoms with van der Waals surface area (Å²) in [5.74, 6) is -0.288. The van der Waals surface area contributed by atoms with Gasteiger partial charge in [0.05, 0.1) is 18.6 Å². The zero-order valence-corrected chi connectivity index (χ0v) is 17.1. The zero-order chi connectivity index (χ0) is 21.7. The summed E-state index contributed by atoms with van der Waals surface area (Å²) in [7, 11) is 0. The fourth-order valence-corrected chi connectivity index (χ4v) is 4.43. The fourth-order valence-electron chi connectivity index (χ4n) is 3.18. The third-order valence-electron chi connectivity index (χ3n) is 4.64. The lowest BCUT2D eigenvalue weighted by atomic mass is 10.1. The maximum atomic E-state index is 12.8. The van der Waals surface area contributed by atoms with Gasteiger partial charge < -0.3 is 15.2 Å². The van der Waals surface area contributed by atoms with Gasteiger partial charge in [0, 0.05) is 17.0 Å². The Morgan fingerprint density at radius 1 is 1.20 bits per heavy atom. The molecule has 8 heteroatoms. The molecule has 0 saturated heterocycles. The smallest absolute Gasteiger partial charge is 0.416 e. The molecule has 160 valence electrons. The van der Waals surface area contributed by atoms with Gasteiger partial charge in [0.15, 0.2) is 0 Å². The van der Waals surface area contributed by atoms with Crippen LogP contribution in [0, 0.1) is 0 Å². The van der Waals surface area contributed by atoms with E-state index in [1.165, 1.54) is 12.1 Å². The quantitative estimate of drug-likeness (QED) is 0.550. The van der Waals surface area contributed by atoms with Gasteiger partial charge >= 0.3 is 12.1 Å². The number of aliphatic carboxylic acids is 1. The van der Waals surface area contributed by atoms with Crippen LogP contribution in [0.3, 0.4) is 0 Å². The Bertz CT molecular complexity index is 926. The summed E-state index contributed by atoms with van der Waals surface area (Å²) in [6.45, 7) is 2.44.